The average Bonchev–Trinajstić information content (AvgIpc) is 4.15. The third-order valence-electron chi connectivity index (χ3n) is 13.7. The maximum Gasteiger partial charge on any atom is 0.136 e. The summed E-state index contributed by atoms with van der Waals surface area (Å²) in [6, 6.07) is 79.0. The molecule has 0 atom stereocenters. The Labute approximate surface area is 397 Å². The molecule has 0 saturated carbocycles. The summed E-state index contributed by atoms with van der Waals surface area (Å²) in [5.41, 5.74) is 10.0. The van der Waals surface area contributed by atoms with Gasteiger partial charge in [-0.3, -0.25) is 0 Å². The van der Waals surface area contributed by atoms with Crippen LogP contribution in [0.15, 0.2) is 227 Å². The van der Waals surface area contributed by atoms with Gasteiger partial charge in [-0.05, 0) is 155 Å². The normalized spacial score (nSPS) is 12.1. The maximum absolute atomic E-state index is 6.74. The highest BCUT2D eigenvalue weighted by atomic mass is 32.1. The van der Waals surface area contributed by atoms with E-state index in [-0.39, 0.29) is 0 Å². The third-order valence-corrected chi connectivity index (χ3v) is 16.0. The van der Waals surface area contributed by atoms with Crippen LogP contribution >= 0.6 is 22.7 Å². The van der Waals surface area contributed by atoms with E-state index in [4.69, 9.17) is 8.83 Å². The first-order valence-corrected chi connectivity index (χ1v) is 24.5. The molecule has 68 heavy (non-hydrogen) atoms. The molecule has 0 spiro atoms. The zero-order valence-corrected chi connectivity index (χ0v) is 37.9. The van der Waals surface area contributed by atoms with Gasteiger partial charge in [-0.25, -0.2) is 0 Å². The highest BCUT2D eigenvalue weighted by Crippen LogP contribution is 2.46. The monoisotopic (exact) mass is 904 g/mol. The molecule has 0 aliphatic carbocycles. The molecule has 4 aromatic heterocycles. The second-order valence-electron chi connectivity index (χ2n) is 17.7. The number of fused-ring (bicyclic) bond motifs is 15. The van der Waals surface area contributed by atoms with Crippen molar-refractivity contribution in [2.75, 3.05) is 9.80 Å². The van der Waals surface area contributed by atoms with Gasteiger partial charge < -0.3 is 18.6 Å². The van der Waals surface area contributed by atoms with Crippen molar-refractivity contribution in [3.8, 4) is 0 Å². The fourth-order valence-corrected chi connectivity index (χ4v) is 12.8. The number of hydrogen-bond acceptors (Lipinski definition) is 6. The predicted molar refractivity (Wildman–Crippen MR) is 291 cm³/mol. The van der Waals surface area contributed by atoms with Gasteiger partial charge in [0, 0.05) is 96.0 Å². The van der Waals surface area contributed by atoms with Crippen LogP contribution in [0.25, 0.3) is 106 Å². The Hall–Kier alpha value is -8.42. The highest BCUT2D eigenvalue weighted by molar-refractivity contribution is 7.26. The zero-order chi connectivity index (χ0) is 44.5. The van der Waals surface area contributed by atoms with E-state index in [0.717, 1.165) is 99.5 Å². The Balaban J connectivity index is 0.850. The SMILES string of the molecule is c1ccc(N(c2ccc3cc4c(cc3c2)oc2ccc3oc5cc6cc(N(c7ccccc7)c7ccc8sc9ccccc9c8c7)ccc6cc5c3c24)c2ccc3sc4ccccc4c3c2)cc1. The molecule has 0 bridgehead atoms. The van der Waals surface area contributed by atoms with Gasteiger partial charge in [0.2, 0.25) is 0 Å². The van der Waals surface area contributed by atoms with Gasteiger partial charge in [0.15, 0.2) is 0 Å². The Morgan fingerprint density at radius 1 is 0.250 bits per heavy atom. The second kappa shape index (κ2) is 14.5. The molecular formula is C62H36N2O2S2. The summed E-state index contributed by atoms with van der Waals surface area (Å²) in [4.78, 5) is 4.71. The van der Waals surface area contributed by atoms with Crippen LogP contribution in [0.2, 0.25) is 0 Å². The van der Waals surface area contributed by atoms with Gasteiger partial charge in [-0.15, -0.1) is 22.7 Å². The van der Waals surface area contributed by atoms with Crippen molar-refractivity contribution < 1.29 is 8.83 Å². The fourth-order valence-electron chi connectivity index (χ4n) is 10.6. The minimum atomic E-state index is 0.845. The van der Waals surface area contributed by atoms with Crippen molar-refractivity contribution in [2.24, 2.45) is 0 Å². The van der Waals surface area contributed by atoms with Crippen LogP contribution in [0, 0.1) is 0 Å². The number of benzene rings is 11. The molecule has 4 nitrogen and oxygen atoms in total. The van der Waals surface area contributed by atoms with Crippen LogP contribution < -0.4 is 9.80 Å². The number of rotatable bonds is 6. The predicted octanol–water partition coefficient (Wildman–Crippen LogP) is 19.5. The van der Waals surface area contributed by atoms with E-state index in [0.29, 0.717) is 0 Å². The number of hydrogen-bond donors (Lipinski definition) is 0. The number of nitrogens with zero attached hydrogens (tertiary/aromatic N) is 2. The molecule has 15 aromatic rings. The van der Waals surface area contributed by atoms with E-state index >= 15 is 0 Å². The summed E-state index contributed by atoms with van der Waals surface area (Å²) < 4.78 is 18.7. The first-order chi connectivity index (χ1) is 33.6. The van der Waals surface area contributed by atoms with E-state index in [1.165, 1.54) is 40.3 Å². The van der Waals surface area contributed by atoms with Gasteiger partial charge >= 0.3 is 0 Å². The molecule has 4 heterocycles. The van der Waals surface area contributed by atoms with Crippen LogP contribution in [0.3, 0.4) is 0 Å². The van der Waals surface area contributed by atoms with Gasteiger partial charge in [0.05, 0.1) is 0 Å². The van der Waals surface area contributed by atoms with Gasteiger partial charge in [0.25, 0.3) is 0 Å². The summed E-state index contributed by atoms with van der Waals surface area (Å²) in [6.07, 6.45) is 0. The van der Waals surface area contributed by atoms with E-state index in [2.05, 4.69) is 228 Å². The molecule has 0 saturated heterocycles. The van der Waals surface area contributed by atoms with Crippen molar-refractivity contribution in [3.05, 3.63) is 218 Å². The van der Waals surface area contributed by atoms with Crippen LogP contribution in [0.5, 0.6) is 0 Å². The number of thiophene rings is 2. The Morgan fingerprint density at radius 3 is 1.12 bits per heavy atom. The minimum Gasteiger partial charge on any atom is -0.456 e. The average molecular weight is 905 g/mol. The molecule has 6 heteroatoms. The van der Waals surface area contributed by atoms with E-state index in [9.17, 15) is 0 Å². The van der Waals surface area contributed by atoms with Gasteiger partial charge in [-0.1, -0.05) is 84.9 Å². The topological polar surface area (TPSA) is 32.8 Å². The first-order valence-electron chi connectivity index (χ1n) is 22.9. The van der Waals surface area contributed by atoms with Crippen LogP contribution in [0.4, 0.5) is 34.1 Å². The molecule has 0 radical (unpaired) electrons. The third kappa shape index (κ3) is 5.78. The molecule has 0 aliphatic heterocycles. The minimum absolute atomic E-state index is 0.845. The Bertz CT molecular complexity index is 4230. The Morgan fingerprint density at radius 2 is 0.647 bits per heavy atom. The standard InChI is InChI=1S/C62H36N2O2S2/c1-3-11-41(12-4-1)63(45-23-27-59-49(35-45)47-15-7-9-17-57(47)67-59)43-21-19-37-31-51-55(33-39(37)29-43)65-53-25-26-54-62(61(51)53)52-32-38-20-22-44(30-40(38)34-56(52)66-54)64(42-13-5-2-6-14-42)46-24-28-60-50(36-46)48-16-8-10-18-58(48)68-60/h1-36H. The molecule has 318 valence electrons. The van der Waals surface area contributed by atoms with E-state index in [1.54, 1.807) is 0 Å². The lowest BCUT2D eigenvalue weighted by Gasteiger charge is -2.26. The molecule has 15 rings (SSSR count). The van der Waals surface area contributed by atoms with Crippen molar-refractivity contribution in [3.63, 3.8) is 0 Å². The lowest BCUT2D eigenvalue weighted by Crippen LogP contribution is -2.09. The second-order valence-corrected chi connectivity index (χ2v) is 19.8. The first kappa shape index (κ1) is 37.8. The van der Waals surface area contributed by atoms with Crippen molar-refractivity contribution >= 4 is 163 Å². The van der Waals surface area contributed by atoms with E-state index < -0.39 is 0 Å². The van der Waals surface area contributed by atoms with Gasteiger partial charge in [0.1, 0.15) is 22.3 Å². The van der Waals surface area contributed by atoms with Crippen molar-refractivity contribution in [1.29, 1.82) is 0 Å². The van der Waals surface area contributed by atoms with Crippen molar-refractivity contribution in [2.45, 2.75) is 0 Å². The zero-order valence-electron chi connectivity index (χ0n) is 36.3. The number of para-hydroxylation sites is 2. The highest BCUT2D eigenvalue weighted by Gasteiger charge is 2.21. The molecule has 0 aliphatic rings. The summed E-state index contributed by atoms with van der Waals surface area (Å²) in [7, 11) is 0. The summed E-state index contributed by atoms with van der Waals surface area (Å²) in [5.74, 6) is 0. The van der Waals surface area contributed by atoms with Crippen LogP contribution in [0.1, 0.15) is 0 Å². The molecule has 0 amide bonds. The molecule has 0 fully saturated rings. The largest absolute Gasteiger partial charge is 0.456 e. The number of furan rings is 2. The quantitative estimate of drug-likeness (QED) is 0.166. The van der Waals surface area contributed by atoms with E-state index in [1.807, 2.05) is 22.7 Å². The lowest BCUT2D eigenvalue weighted by molar-refractivity contribution is 0.663. The Kier molecular flexibility index (Phi) is 8.07. The summed E-state index contributed by atoms with van der Waals surface area (Å²) in [5, 5.41) is 13.9. The molecule has 11 aromatic carbocycles. The summed E-state index contributed by atoms with van der Waals surface area (Å²) >= 11 is 3.69. The van der Waals surface area contributed by atoms with Gasteiger partial charge in [-0.2, -0.15) is 0 Å². The van der Waals surface area contributed by atoms with Crippen LogP contribution in [-0.2, 0) is 0 Å². The summed E-state index contributed by atoms with van der Waals surface area (Å²) in [6.45, 7) is 0. The molecule has 0 unspecified atom stereocenters. The smallest absolute Gasteiger partial charge is 0.136 e. The van der Waals surface area contributed by atoms with Crippen molar-refractivity contribution in [1.82, 2.24) is 0 Å². The fraction of sp³-hybridized carbons (Fsp3) is 0. The lowest BCUT2D eigenvalue weighted by atomic mass is 10.0. The maximum atomic E-state index is 6.74. The molecular weight excluding hydrogens is 869 g/mol. The molecule has 0 N–H and O–H groups in total. The van der Waals surface area contributed by atoms with Crippen LogP contribution in [-0.4, -0.2) is 0 Å². The number of anilines is 6.